The zero-order valence-corrected chi connectivity index (χ0v) is 13.5. The molecule has 0 saturated carbocycles. The smallest absolute Gasteiger partial charge is 0.179 e. The highest BCUT2D eigenvalue weighted by molar-refractivity contribution is 7.91. The van der Waals surface area contributed by atoms with Gasteiger partial charge in [-0.1, -0.05) is 36.4 Å². The van der Waals surface area contributed by atoms with Crippen molar-refractivity contribution in [2.75, 3.05) is 32.5 Å². The Morgan fingerprint density at radius 3 is 2.14 bits per heavy atom. The quantitative estimate of drug-likeness (QED) is 0.750. The maximum Gasteiger partial charge on any atom is 0.179 e. The standard InChI is InChI=1S/C17H21NO3S/c1-18(12-14-21-16-8-4-2-5-9-16)13-15-22(19,20)17-10-6-3-7-11-17/h2-11H,12-15H2,1H3. The van der Waals surface area contributed by atoms with Crippen molar-refractivity contribution in [1.29, 1.82) is 0 Å². The number of ether oxygens (including phenoxy) is 1. The normalized spacial score (nSPS) is 11.5. The van der Waals surface area contributed by atoms with E-state index in [2.05, 4.69) is 0 Å². The van der Waals surface area contributed by atoms with E-state index < -0.39 is 9.84 Å². The molecule has 0 aliphatic heterocycles. The Balaban J connectivity index is 1.75. The molecule has 0 saturated heterocycles. The first-order valence-corrected chi connectivity index (χ1v) is 8.87. The summed E-state index contributed by atoms with van der Waals surface area (Å²) in [5.41, 5.74) is 0. The summed E-state index contributed by atoms with van der Waals surface area (Å²) >= 11 is 0. The Hall–Kier alpha value is -1.85. The van der Waals surface area contributed by atoms with E-state index in [0.717, 1.165) is 5.75 Å². The molecule has 0 radical (unpaired) electrons. The number of para-hydroxylation sites is 1. The van der Waals surface area contributed by atoms with Crippen LogP contribution in [-0.4, -0.2) is 45.8 Å². The molecule has 2 aromatic carbocycles. The first-order valence-electron chi connectivity index (χ1n) is 7.22. The summed E-state index contributed by atoms with van der Waals surface area (Å²) in [5, 5.41) is 0. The number of likely N-dealkylation sites (N-methyl/N-ethyl adjacent to an activating group) is 1. The lowest BCUT2D eigenvalue weighted by Crippen LogP contribution is -2.29. The Morgan fingerprint density at radius 2 is 1.50 bits per heavy atom. The molecule has 0 heterocycles. The average Bonchev–Trinajstić information content (AvgIpc) is 2.55. The van der Waals surface area contributed by atoms with Crippen LogP contribution < -0.4 is 4.74 Å². The second-order valence-corrected chi connectivity index (χ2v) is 7.21. The fourth-order valence-corrected chi connectivity index (χ4v) is 3.33. The fourth-order valence-electron chi connectivity index (χ4n) is 1.97. The van der Waals surface area contributed by atoms with E-state index in [4.69, 9.17) is 4.74 Å². The Labute approximate surface area is 132 Å². The minimum atomic E-state index is -3.22. The zero-order chi connectivity index (χ0) is 15.8. The highest BCUT2D eigenvalue weighted by Gasteiger charge is 2.14. The minimum absolute atomic E-state index is 0.110. The third kappa shape index (κ3) is 5.16. The van der Waals surface area contributed by atoms with E-state index in [1.165, 1.54) is 0 Å². The van der Waals surface area contributed by atoms with Crippen molar-refractivity contribution in [1.82, 2.24) is 4.90 Å². The van der Waals surface area contributed by atoms with E-state index in [0.29, 0.717) is 24.6 Å². The molecule has 0 aliphatic carbocycles. The van der Waals surface area contributed by atoms with E-state index in [-0.39, 0.29) is 5.75 Å². The van der Waals surface area contributed by atoms with Crippen molar-refractivity contribution in [3.8, 4) is 5.75 Å². The van der Waals surface area contributed by atoms with E-state index >= 15 is 0 Å². The maximum atomic E-state index is 12.2. The molecule has 118 valence electrons. The monoisotopic (exact) mass is 319 g/mol. The highest BCUT2D eigenvalue weighted by atomic mass is 32.2. The van der Waals surface area contributed by atoms with Gasteiger partial charge in [0, 0.05) is 13.1 Å². The van der Waals surface area contributed by atoms with Gasteiger partial charge >= 0.3 is 0 Å². The maximum absolute atomic E-state index is 12.2. The highest BCUT2D eigenvalue weighted by Crippen LogP contribution is 2.10. The lowest BCUT2D eigenvalue weighted by Gasteiger charge is -2.17. The molecule has 4 nitrogen and oxygen atoms in total. The molecule has 0 spiro atoms. The molecule has 0 aliphatic rings. The Bertz CT molecular complexity index is 657. The molecule has 2 aromatic rings. The van der Waals surface area contributed by atoms with Crippen molar-refractivity contribution in [3.63, 3.8) is 0 Å². The molecule has 2 rings (SSSR count). The third-order valence-corrected chi connectivity index (χ3v) is 5.04. The summed E-state index contributed by atoms with van der Waals surface area (Å²) in [5.74, 6) is 0.937. The number of benzene rings is 2. The van der Waals surface area contributed by atoms with Crippen LogP contribution in [0.4, 0.5) is 0 Å². The van der Waals surface area contributed by atoms with E-state index in [1.54, 1.807) is 24.3 Å². The lowest BCUT2D eigenvalue weighted by atomic mass is 10.3. The Morgan fingerprint density at radius 1 is 0.909 bits per heavy atom. The van der Waals surface area contributed by atoms with Crippen LogP contribution in [0.1, 0.15) is 0 Å². The lowest BCUT2D eigenvalue weighted by molar-refractivity contribution is 0.244. The van der Waals surface area contributed by atoms with Gasteiger partial charge in [-0.05, 0) is 31.3 Å². The second-order valence-electron chi connectivity index (χ2n) is 5.10. The summed E-state index contributed by atoms with van der Waals surface area (Å²) in [7, 11) is -1.32. The second kappa shape index (κ2) is 7.96. The van der Waals surface area contributed by atoms with Crippen molar-refractivity contribution in [2.45, 2.75) is 4.90 Å². The number of nitrogens with zero attached hydrogens (tertiary/aromatic N) is 1. The first-order chi connectivity index (χ1) is 10.6. The molecular formula is C17H21NO3S. The van der Waals surface area contributed by atoms with Gasteiger partial charge in [-0.3, -0.25) is 0 Å². The first kappa shape index (κ1) is 16.5. The molecule has 22 heavy (non-hydrogen) atoms. The van der Waals surface area contributed by atoms with Crippen molar-refractivity contribution in [2.24, 2.45) is 0 Å². The van der Waals surface area contributed by atoms with Crippen LogP contribution in [0, 0.1) is 0 Å². The summed E-state index contributed by atoms with van der Waals surface area (Å²) in [6, 6.07) is 18.1. The molecule has 0 unspecified atom stereocenters. The average molecular weight is 319 g/mol. The van der Waals surface area contributed by atoms with Crippen LogP contribution in [0.15, 0.2) is 65.6 Å². The number of rotatable bonds is 8. The Kier molecular flexibility index (Phi) is 5.98. The molecule has 0 N–H and O–H groups in total. The van der Waals surface area contributed by atoms with Crippen molar-refractivity contribution >= 4 is 9.84 Å². The minimum Gasteiger partial charge on any atom is -0.492 e. The molecule has 0 amide bonds. The largest absolute Gasteiger partial charge is 0.492 e. The van der Waals surface area contributed by atoms with Crippen LogP contribution in [0.5, 0.6) is 5.75 Å². The van der Waals surface area contributed by atoms with Crippen molar-refractivity contribution < 1.29 is 13.2 Å². The molecule has 0 fully saturated rings. The van der Waals surface area contributed by atoms with Crippen LogP contribution in [0.2, 0.25) is 0 Å². The molecule has 5 heteroatoms. The van der Waals surface area contributed by atoms with E-state index in [9.17, 15) is 8.42 Å². The predicted molar refractivity (Wildman–Crippen MR) is 87.9 cm³/mol. The van der Waals surface area contributed by atoms with Gasteiger partial charge < -0.3 is 9.64 Å². The number of hydrogen-bond acceptors (Lipinski definition) is 4. The molecule has 0 atom stereocenters. The van der Waals surface area contributed by atoms with Crippen molar-refractivity contribution in [3.05, 3.63) is 60.7 Å². The molecular weight excluding hydrogens is 298 g/mol. The van der Waals surface area contributed by atoms with Crippen LogP contribution in [0.3, 0.4) is 0 Å². The van der Waals surface area contributed by atoms with Crippen LogP contribution >= 0.6 is 0 Å². The summed E-state index contributed by atoms with van der Waals surface area (Å²) in [4.78, 5) is 2.34. The van der Waals surface area contributed by atoms with Gasteiger partial charge in [0.25, 0.3) is 0 Å². The zero-order valence-electron chi connectivity index (χ0n) is 12.7. The van der Waals surface area contributed by atoms with Gasteiger partial charge in [-0.15, -0.1) is 0 Å². The van der Waals surface area contributed by atoms with Gasteiger partial charge in [0.15, 0.2) is 9.84 Å². The number of hydrogen-bond donors (Lipinski definition) is 0. The van der Waals surface area contributed by atoms with Crippen LogP contribution in [-0.2, 0) is 9.84 Å². The number of sulfone groups is 1. The van der Waals surface area contributed by atoms with Gasteiger partial charge in [0.1, 0.15) is 12.4 Å². The van der Waals surface area contributed by atoms with Gasteiger partial charge in [-0.2, -0.15) is 0 Å². The fraction of sp³-hybridized carbons (Fsp3) is 0.294. The van der Waals surface area contributed by atoms with Gasteiger partial charge in [-0.25, -0.2) is 8.42 Å². The van der Waals surface area contributed by atoms with Gasteiger partial charge in [0.05, 0.1) is 10.6 Å². The predicted octanol–water partition coefficient (Wildman–Crippen LogP) is 2.47. The van der Waals surface area contributed by atoms with Gasteiger partial charge in [0.2, 0.25) is 0 Å². The summed E-state index contributed by atoms with van der Waals surface area (Å²) in [6.45, 7) is 1.69. The summed E-state index contributed by atoms with van der Waals surface area (Å²) in [6.07, 6.45) is 0. The topological polar surface area (TPSA) is 46.6 Å². The third-order valence-electron chi connectivity index (χ3n) is 3.33. The van der Waals surface area contributed by atoms with E-state index in [1.807, 2.05) is 48.3 Å². The molecule has 0 aromatic heterocycles. The molecule has 0 bridgehead atoms. The summed E-state index contributed by atoms with van der Waals surface area (Å²) < 4.78 is 30.0. The van der Waals surface area contributed by atoms with Crippen LogP contribution in [0.25, 0.3) is 0 Å². The SMILES string of the molecule is CN(CCOc1ccccc1)CCS(=O)(=O)c1ccccc1.